The first-order valence-corrected chi connectivity index (χ1v) is 9.14. The van der Waals surface area contributed by atoms with Gasteiger partial charge in [0.2, 0.25) is 11.8 Å². The van der Waals surface area contributed by atoms with E-state index in [1.54, 1.807) is 37.6 Å². The van der Waals surface area contributed by atoms with Gasteiger partial charge in [-0.05, 0) is 43.3 Å². The Morgan fingerprint density at radius 3 is 2.78 bits per heavy atom. The number of thioether (sulfide) groups is 1. The van der Waals surface area contributed by atoms with Crippen molar-refractivity contribution in [3.05, 3.63) is 61.1 Å². The lowest BCUT2D eigenvalue weighted by Crippen LogP contribution is -2.22. The minimum atomic E-state index is -0.414. The number of benzene rings is 1. The van der Waals surface area contributed by atoms with Gasteiger partial charge in [-0.15, -0.1) is 10.2 Å². The standard InChI is InChI=1S/C19H15N5O2S/c1-12(27-19-24-23-18(26-19)13-7-10-20-11-8-13)17(25)22-16-6-2-5-15-14(16)4-3-9-21-15/h2-12H,1H3,(H,22,25). The summed E-state index contributed by atoms with van der Waals surface area (Å²) in [5, 5.41) is 11.8. The van der Waals surface area contributed by atoms with Gasteiger partial charge in [-0.25, -0.2) is 0 Å². The average molecular weight is 377 g/mol. The fourth-order valence-corrected chi connectivity index (χ4v) is 3.20. The smallest absolute Gasteiger partial charge is 0.277 e. The number of rotatable bonds is 5. The fourth-order valence-electron chi connectivity index (χ4n) is 2.52. The van der Waals surface area contributed by atoms with Gasteiger partial charge in [0.05, 0.1) is 16.5 Å². The Balaban J connectivity index is 1.46. The van der Waals surface area contributed by atoms with Crippen LogP contribution in [-0.2, 0) is 4.79 Å². The Bertz CT molecular complexity index is 1080. The lowest BCUT2D eigenvalue weighted by Gasteiger charge is -2.11. The minimum Gasteiger partial charge on any atom is -0.411 e. The zero-order chi connectivity index (χ0) is 18.6. The second-order valence-electron chi connectivity index (χ2n) is 5.73. The number of aromatic nitrogens is 4. The van der Waals surface area contributed by atoms with E-state index in [4.69, 9.17) is 4.42 Å². The van der Waals surface area contributed by atoms with Gasteiger partial charge < -0.3 is 9.73 Å². The maximum Gasteiger partial charge on any atom is 0.277 e. The maximum absolute atomic E-state index is 12.6. The van der Waals surface area contributed by atoms with Crippen molar-refractivity contribution in [2.45, 2.75) is 17.4 Å². The molecule has 4 aromatic rings. The van der Waals surface area contributed by atoms with Crippen LogP contribution in [0.3, 0.4) is 0 Å². The number of anilines is 1. The molecule has 27 heavy (non-hydrogen) atoms. The van der Waals surface area contributed by atoms with Crippen LogP contribution in [0.15, 0.2) is 70.7 Å². The second kappa shape index (κ2) is 7.55. The zero-order valence-electron chi connectivity index (χ0n) is 14.4. The van der Waals surface area contributed by atoms with Gasteiger partial charge in [-0.1, -0.05) is 17.8 Å². The van der Waals surface area contributed by atoms with Crippen LogP contribution in [-0.4, -0.2) is 31.3 Å². The monoisotopic (exact) mass is 377 g/mol. The molecule has 0 bridgehead atoms. The molecule has 0 saturated carbocycles. The Morgan fingerprint density at radius 1 is 1.07 bits per heavy atom. The lowest BCUT2D eigenvalue weighted by atomic mass is 10.2. The fraction of sp³-hybridized carbons (Fsp3) is 0.105. The van der Waals surface area contributed by atoms with E-state index in [1.165, 1.54) is 11.8 Å². The van der Waals surface area contributed by atoms with Crippen LogP contribution >= 0.6 is 11.8 Å². The molecule has 8 heteroatoms. The molecule has 0 radical (unpaired) electrons. The summed E-state index contributed by atoms with van der Waals surface area (Å²) in [6.45, 7) is 1.79. The molecule has 0 aliphatic rings. The maximum atomic E-state index is 12.6. The topological polar surface area (TPSA) is 93.8 Å². The minimum absolute atomic E-state index is 0.153. The molecule has 1 N–H and O–H groups in total. The summed E-state index contributed by atoms with van der Waals surface area (Å²) in [7, 11) is 0. The van der Waals surface area contributed by atoms with Crippen molar-refractivity contribution in [3.63, 3.8) is 0 Å². The first-order chi connectivity index (χ1) is 13.2. The van der Waals surface area contributed by atoms with Crippen molar-refractivity contribution in [2.75, 3.05) is 5.32 Å². The van der Waals surface area contributed by atoms with Gasteiger partial charge >= 0.3 is 0 Å². The molecule has 1 unspecified atom stereocenters. The highest BCUT2D eigenvalue weighted by Crippen LogP contribution is 2.27. The Labute approximate surface area is 159 Å². The first kappa shape index (κ1) is 17.2. The van der Waals surface area contributed by atoms with Gasteiger partial charge in [0, 0.05) is 29.5 Å². The van der Waals surface area contributed by atoms with Crippen LogP contribution in [0.25, 0.3) is 22.4 Å². The number of hydrogen-bond donors (Lipinski definition) is 1. The van der Waals surface area contributed by atoms with Crippen LogP contribution in [0.4, 0.5) is 5.69 Å². The van der Waals surface area contributed by atoms with Gasteiger partial charge in [-0.2, -0.15) is 0 Å². The van der Waals surface area contributed by atoms with E-state index in [9.17, 15) is 4.79 Å². The molecule has 1 aromatic carbocycles. The molecular weight excluding hydrogens is 362 g/mol. The molecule has 4 rings (SSSR count). The Hall–Kier alpha value is -3.26. The van der Waals surface area contributed by atoms with Crippen molar-refractivity contribution >= 4 is 34.3 Å². The predicted molar refractivity (Wildman–Crippen MR) is 103 cm³/mol. The van der Waals surface area contributed by atoms with E-state index < -0.39 is 5.25 Å². The summed E-state index contributed by atoms with van der Waals surface area (Å²) < 4.78 is 5.63. The van der Waals surface area contributed by atoms with E-state index in [0.29, 0.717) is 11.1 Å². The molecule has 1 amide bonds. The van der Waals surface area contributed by atoms with Crippen LogP contribution in [0, 0.1) is 0 Å². The van der Waals surface area contributed by atoms with Gasteiger partial charge in [0.15, 0.2) is 0 Å². The summed E-state index contributed by atoms with van der Waals surface area (Å²) in [5.74, 6) is 0.243. The molecule has 3 heterocycles. The molecule has 0 saturated heterocycles. The molecule has 0 fully saturated rings. The molecular formula is C19H15N5O2S. The SMILES string of the molecule is CC(Sc1nnc(-c2ccncc2)o1)C(=O)Nc1cccc2ncccc12. The van der Waals surface area contributed by atoms with Gasteiger partial charge in [0.25, 0.3) is 5.22 Å². The third kappa shape index (κ3) is 3.80. The zero-order valence-corrected chi connectivity index (χ0v) is 15.2. The highest BCUT2D eigenvalue weighted by atomic mass is 32.2. The Kier molecular flexibility index (Phi) is 4.80. The van der Waals surface area contributed by atoms with Crippen LogP contribution in [0.5, 0.6) is 0 Å². The lowest BCUT2D eigenvalue weighted by molar-refractivity contribution is -0.115. The van der Waals surface area contributed by atoms with E-state index in [-0.39, 0.29) is 5.91 Å². The van der Waals surface area contributed by atoms with Crippen molar-refractivity contribution in [3.8, 4) is 11.5 Å². The summed E-state index contributed by atoms with van der Waals surface area (Å²) >= 11 is 1.21. The summed E-state index contributed by atoms with van der Waals surface area (Å²) in [6, 6.07) is 13.0. The van der Waals surface area contributed by atoms with Crippen molar-refractivity contribution in [2.24, 2.45) is 0 Å². The van der Waals surface area contributed by atoms with E-state index in [2.05, 4.69) is 25.5 Å². The quantitative estimate of drug-likeness (QED) is 0.529. The largest absolute Gasteiger partial charge is 0.411 e. The second-order valence-corrected chi connectivity index (χ2v) is 7.03. The van der Waals surface area contributed by atoms with Crippen molar-refractivity contribution in [1.29, 1.82) is 0 Å². The number of nitrogens with zero attached hydrogens (tertiary/aromatic N) is 4. The highest BCUT2D eigenvalue weighted by molar-refractivity contribution is 8.00. The van der Waals surface area contributed by atoms with E-state index >= 15 is 0 Å². The van der Waals surface area contributed by atoms with E-state index in [0.717, 1.165) is 22.2 Å². The Morgan fingerprint density at radius 2 is 1.93 bits per heavy atom. The molecule has 0 aliphatic carbocycles. The number of carbonyl (C=O) groups excluding carboxylic acids is 1. The average Bonchev–Trinajstić information content (AvgIpc) is 3.17. The number of pyridine rings is 2. The number of carbonyl (C=O) groups is 1. The number of amides is 1. The van der Waals surface area contributed by atoms with Crippen LogP contribution < -0.4 is 5.32 Å². The normalized spacial score (nSPS) is 12.0. The van der Waals surface area contributed by atoms with Crippen LogP contribution in [0.2, 0.25) is 0 Å². The summed E-state index contributed by atoms with van der Waals surface area (Å²) in [5.41, 5.74) is 2.33. The molecule has 0 spiro atoms. The molecule has 134 valence electrons. The van der Waals surface area contributed by atoms with E-state index in [1.807, 2.05) is 30.3 Å². The number of nitrogens with one attached hydrogen (secondary N) is 1. The number of hydrogen-bond acceptors (Lipinski definition) is 7. The molecule has 7 nitrogen and oxygen atoms in total. The van der Waals surface area contributed by atoms with Gasteiger partial charge in [0.1, 0.15) is 0 Å². The van der Waals surface area contributed by atoms with Gasteiger partial charge in [-0.3, -0.25) is 14.8 Å². The molecule has 0 aliphatic heterocycles. The van der Waals surface area contributed by atoms with Crippen LogP contribution in [0.1, 0.15) is 6.92 Å². The number of fused-ring (bicyclic) bond motifs is 1. The molecule has 1 atom stereocenters. The third-order valence-electron chi connectivity index (χ3n) is 3.88. The first-order valence-electron chi connectivity index (χ1n) is 8.26. The van der Waals surface area contributed by atoms with Crippen molar-refractivity contribution < 1.29 is 9.21 Å². The predicted octanol–water partition coefficient (Wildman–Crippen LogP) is 3.80. The molecule has 3 aromatic heterocycles. The summed E-state index contributed by atoms with van der Waals surface area (Å²) in [4.78, 5) is 20.8. The van der Waals surface area contributed by atoms with Crippen molar-refractivity contribution in [1.82, 2.24) is 20.2 Å². The third-order valence-corrected chi connectivity index (χ3v) is 4.82. The summed E-state index contributed by atoms with van der Waals surface area (Å²) in [6.07, 6.45) is 5.03. The highest BCUT2D eigenvalue weighted by Gasteiger charge is 2.19.